The van der Waals surface area contributed by atoms with Crippen LogP contribution >= 0.6 is 22.7 Å². The first-order valence-electron chi connectivity index (χ1n) is 5.13. The molecule has 0 aromatic carbocycles. The lowest BCUT2D eigenvalue weighted by molar-refractivity contribution is -0.111. The van der Waals surface area contributed by atoms with Gasteiger partial charge in [0.05, 0.1) is 0 Å². The van der Waals surface area contributed by atoms with Gasteiger partial charge >= 0.3 is 0 Å². The van der Waals surface area contributed by atoms with Gasteiger partial charge in [-0.15, -0.1) is 21.5 Å². The second-order valence-electron chi connectivity index (χ2n) is 3.19. The van der Waals surface area contributed by atoms with Gasteiger partial charge in [-0.05, 0) is 23.9 Å². The number of thiophene rings is 1. The molecular weight excluding hydrogens is 254 g/mol. The molecule has 0 aliphatic carbocycles. The highest BCUT2D eigenvalue weighted by Crippen LogP contribution is 2.15. The highest BCUT2D eigenvalue weighted by molar-refractivity contribution is 7.15. The van der Waals surface area contributed by atoms with Crippen LogP contribution in [0.25, 0.3) is 6.08 Å². The van der Waals surface area contributed by atoms with Crippen molar-refractivity contribution in [1.29, 1.82) is 0 Å². The van der Waals surface area contributed by atoms with Crippen LogP contribution in [-0.4, -0.2) is 16.1 Å². The van der Waals surface area contributed by atoms with Crippen LogP contribution in [0.4, 0.5) is 5.13 Å². The van der Waals surface area contributed by atoms with Gasteiger partial charge in [-0.2, -0.15) is 0 Å². The molecule has 88 valence electrons. The van der Waals surface area contributed by atoms with E-state index in [0.29, 0.717) is 5.13 Å². The van der Waals surface area contributed by atoms with Crippen LogP contribution in [0.3, 0.4) is 0 Å². The summed E-state index contributed by atoms with van der Waals surface area (Å²) in [6.07, 6.45) is 4.11. The third kappa shape index (κ3) is 3.47. The van der Waals surface area contributed by atoms with Crippen LogP contribution in [-0.2, 0) is 11.2 Å². The summed E-state index contributed by atoms with van der Waals surface area (Å²) >= 11 is 2.99. The average molecular weight is 265 g/mol. The van der Waals surface area contributed by atoms with E-state index in [1.165, 1.54) is 17.4 Å². The van der Waals surface area contributed by atoms with E-state index in [1.54, 1.807) is 17.4 Å². The summed E-state index contributed by atoms with van der Waals surface area (Å²) in [7, 11) is 0. The first-order chi connectivity index (χ1) is 8.28. The average Bonchev–Trinajstić information content (AvgIpc) is 2.97. The van der Waals surface area contributed by atoms with Crippen molar-refractivity contribution >= 4 is 39.8 Å². The maximum Gasteiger partial charge on any atom is 0.250 e. The molecule has 0 radical (unpaired) electrons. The number of hydrogen-bond donors (Lipinski definition) is 1. The van der Waals surface area contributed by atoms with Gasteiger partial charge in [0.25, 0.3) is 0 Å². The smallest absolute Gasteiger partial charge is 0.250 e. The molecule has 0 aliphatic rings. The lowest BCUT2D eigenvalue weighted by atomic mass is 10.4. The number of aromatic nitrogens is 2. The van der Waals surface area contributed by atoms with Crippen molar-refractivity contribution in [2.75, 3.05) is 5.32 Å². The van der Waals surface area contributed by atoms with E-state index in [-0.39, 0.29) is 5.91 Å². The summed E-state index contributed by atoms with van der Waals surface area (Å²) in [6.45, 7) is 2.00. The summed E-state index contributed by atoms with van der Waals surface area (Å²) < 4.78 is 0. The zero-order valence-electron chi connectivity index (χ0n) is 9.21. The lowest BCUT2D eigenvalue weighted by Crippen LogP contribution is -2.07. The Kier molecular flexibility index (Phi) is 4.00. The monoisotopic (exact) mass is 265 g/mol. The Hall–Kier alpha value is -1.53. The van der Waals surface area contributed by atoms with E-state index in [1.807, 2.05) is 24.4 Å². The predicted octanol–water partition coefficient (Wildman–Crippen LogP) is 2.81. The Morgan fingerprint density at radius 2 is 2.41 bits per heavy atom. The quantitative estimate of drug-likeness (QED) is 0.865. The van der Waals surface area contributed by atoms with Gasteiger partial charge in [0.1, 0.15) is 5.01 Å². The molecule has 6 heteroatoms. The molecule has 0 fully saturated rings. The van der Waals surface area contributed by atoms with Gasteiger partial charge in [0.2, 0.25) is 11.0 Å². The van der Waals surface area contributed by atoms with Crippen LogP contribution in [0.1, 0.15) is 16.8 Å². The topological polar surface area (TPSA) is 54.9 Å². The van der Waals surface area contributed by atoms with Crippen LogP contribution in [0.2, 0.25) is 0 Å². The first kappa shape index (κ1) is 11.9. The van der Waals surface area contributed by atoms with Crippen molar-refractivity contribution in [3.63, 3.8) is 0 Å². The molecular formula is C11H11N3OS2. The van der Waals surface area contributed by atoms with Gasteiger partial charge in [0.15, 0.2) is 0 Å². The number of anilines is 1. The van der Waals surface area contributed by atoms with Gasteiger partial charge < -0.3 is 0 Å². The Morgan fingerprint density at radius 3 is 3.06 bits per heavy atom. The Balaban J connectivity index is 1.93. The molecule has 1 amide bonds. The highest BCUT2D eigenvalue weighted by Gasteiger charge is 2.04. The first-order valence-corrected chi connectivity index (χ1v) is 6.82. The summed E-state index contributed by atoms with van der Waals surface area (Å²) in [5, 5.41) is 13.9. The van der Waals surface area contributed by atoms with E-state index in [4.69, 9.17) is 0 Å². The fourth-order valence-corrected chi connectivity index (χ4v) is 2.44. The van der Waals surface area contributed by atoms with Gasteiger partial charge in [-0.1, -0.05) is 24.3 Å². The number of amides is 1. The molecule has 17 heavy (non-hydrogen) atoms. The minimum absolute atomic E-state index is 0.183. The summed E-state index contributed by atoms with van der Waals surface area (Å²) in [5.41, 5.74) is 0. The van der Waals surface area contributed by atoms with E-state index in [0.717, 1.165) is 16.3 Å². The van der Waals surface area contributed by atoms with Crippen molar-refractivity contribution in [1.82, 2.24) is 10.2 Å². The normalized spacial score (nSPS) is 10.9. The second kappa shape index (κ2) is 5.70. The summed E-state index contributed by atoms with van der Waals surface area (Å²) in [4.78, 5) is 12.6. The molecule has 0 aliphatic heterocycles. The number of rotatable bonds is 4. The fourth-order valence-electron chi connectivity index (χ4n) is 1.14. The van der Waals surface area contributed by atoms with Crippen LogP contribution in [0, 0.1) is 0 Å². The molecule has 0 atom stereocenters. The minimum atomic E-state index is -0.183. The molecule has 0 bridgehead atoms. The van der Waals surface area contributed by atoms with E-state index >= 15 is 0 Å². The third-order valence-corrected chi connectivity index (χ3v) is 3.76. The van der Waals surface area contributed by atoms with Crippen LogP contribution in [0.15, 0.2) is 23.6 Å². The van der Waals surface area contributed by atoms with Crippen molar-refractivity contribution in [3.05, 3.63) is 33.5 Å². The zero-order valence-corrected chi connectivity index (χ0v) is 10.8. The molecule has 0 saturated carbocycles. The number of hydrogen-bond acceptors (Lipinski definition) is 5. The number of carbonyl (C=O) groups excluding carboxylic acids is 1. The minimum Gasteiger partial charge on any atom is -0.297 e. The molecule has 0 spiro atoms. The highest BCUT2D eigenvalue weighted by atomic mass is 32.1. The maximum absolute atomic E-state index is 11.6. The predicted molar refractivity (Wildman–Crippen MR) is 71.3 cm³/mol. The molecule has 2 rings (SSSR count). The zero-order chi connectivity index (χ0) is 12.1. The maximum atomic E-state index is 11.6. The van der Waals surface area contributed by atoms with E-state index < -0.39 is 0 Å². The number of aryl methyl sites for hydroxylation is 1. The van der Waals surface area contributed by atoms with Crippen molar-refractivity contribution in [3.8, 4) is 0 Å². The van der Waals surface area contributed by atoms with Crippen LogP contribution in [0.5, 0.6) is 0 Å². The standard InChI is InChI=1S/C11H11N3OS2/c1-2-10-13-14-11(17-10)12-9(15)6-5-8-4-3-7-16-8/h3-7H,2H2,1H3,(H,12,14,15)/b6-5+. The van der Waals surface area contributed by atoms with Crippen molar-refractivity contribution in [2.24, 2.45) is 0 Å². The van der Waals surface area contributed by atoms with Gasteiger partial charge in [-0.3, -0.25) is 10.1 Å². The van der Waals surface area contributed by atoms with E-state index in [9.17, 15) is 4.79 Å². The summed E-state index contributed by atoms with van der Waals surface area (Å²) in [5.74, 6) is -0.183. The van der Waals surface area contributed by atoms with Crippen molar-refractivity contribution < 1.29 is 4.79 Å². The third-order valence-electron chi connectivity index (χ3n) is 1.94. The van der Waals surface area contributed by atoms with E-state index in [2.05, 4.69) is 15.5 Å². The molecule has 2 heterocycles. The Morgan fingerprint density at radius 1 is 1.53 bits per heavy atom. The van der Waals surface area contributed by atoms with Gasteiger partial charge in [0, 0.05) is 11.0 Å². The molecule has 2 aromatic rings. The molecule has 1 N–H and O–H groups in total. The fraction of sp³-hybridized carbons (Fsp3) is 0.182. The molecule has 0 unspecified atom stereocenters. The van der Waals surface area contributed by atoms with Crippen molar-refractivity contribution in [2.45, 2.75) is 13.3 Å². The Labute approximate surface area is 107 Å². The number of nitrogens with one attached hydrogen (secondary N) is 1. The molecule has 0 saturated heterocycles. The van der Waals surface area contributed by atoms with Gasteiger partial charge in [-0.25, -0.2) is 0 Å². The second-order valence-corrected chi connectivity index (χ2v) is 5.23. The van der Waals surface area contributed by atoms with Crippen LogP contribution < -0.4 is 5.32 Å². The lowest BCUT2D eigenvalue weighted by Gasteiger charge is -1.93. The molecule has 4 nitrogen and oxygen atoms in total. The number of carbonyl (C=O) groups is 1. The largest absolute Gasteiger partial charge is 0.297 e. The molecule has 2 aromatic heterocycles. The number of nitrogens with zero attached hydrogens (tertiary/aromatic N) is 2. The SMILES string of the molecule is CCc1nnc(NC(=O)/C=C/c2cccs2)s1. The summed E-state index contributed by atoms with van der Waals surface area (Å²) in [6, 6.07) is 3.90. The Bertz CT molecular complexity index is 517.